The molecule has 3 heteroatoms. The van der Waals surface area contributed by atoms with E-state index in [9.17, 15) is 4.79 Å². The van der Waals surface area contributed by atoms with E-state index in [-0.39, 0.29) is 5.91 Å². The minimum absolute atomic E-state index is 0.212. The highest BCUT2D eigenvalue weighted by Crippen LogP contribution is 2.43. The first-order valence-corrected chi connectivity index (χ1v) is 6.52. The molecule has 0 unspecified atom stereocenters. The monoisotopic (exact) mass is 247 g/mol. The molecule has 0 saturated heterocycles. The highest BCUT2D eigenvalue weighted by molar-refractivity contribution is 5.81. The van der Waals surface area contributed by atoms with Crippen molar-refractivity contribution in [1.29, 1.82) is 0 Å². The van der Waals surface area contributed by atoms with Gasteiger partial charge in [-0.25, -0.2) is 0 Å². The number of amides is 1. The van der Waals surface area contributed by atoms with E-state index in [0.29, 0.717) is 12.5 Å². The summed E-state index contributed by atoms with van der Waals surface area (Å²) in [6.07, 6.45) is 3.68. The molecule has 2 rings (SSSR count). The average Bonchev–Trinajstić information content (AvgIpc) is 2.41. The van der Waals surface area contributed by atoms with E-state index in [1.807, 2.05) is 6.07 Å². The number of hydrogen-bond donors (Lipinski definition) is 1. The molecule has 0 spiro atoms. The van der Waals surface area contributed by atoms with E-state index in [1.165, 1.54) is 5.56 Å². The zero-order valence-corrected chi connectivity index (χ0v) is 10.9. The van der Waals surface area contributed by atoms with Crippen LogP contribution >= 0.6 is 0 Å². The van der Waals surface area contributed by atoms with Crippen LogP contribution in [0.5, 0.6) is 0 Å². The van der Waals surface area contributed by atoms with E-state index in [2.05, 4.69) is 24.3 Å². The predicted octanol–water partition coefficient (Wildman–Crippen LogP) is 2.46. The Bertz CT molecular complexity index is 394. The number of nitrogens with two attached hydrogens (primary N) is 1. The highest BCUT2D eigenvalue weighted by Gasteiger charge is 2.40. The first-order valence-electron chi connectivity index (χ1n) is 6.52. The van der Waals surface area contributed by atoms with Gasteiger partial charge >= 0.3 is 0 Å². The Kier molecular flexibility index (Phi) is 4.02. The number of carbonyl (C=O) groups excluding carboxylic acids is 1. The van der Waals surface area contributed by atoms with Crippen molar-refractivity contribution in [3.63, 3.8) is 0 Å². The van der Waals surface area contributed by atoms with Crippen LogP contribution in [-0.4, -0.2) is 19.6 Å². The quantitative estimate of drug-likeness (QED) is 0.888. The van der Waals surface area contributed by atoms with Gasteiger partial charge in [-0.3, -0.25) is 4.79 Å². The van der Waals surface area contributed by atoms with Gasteiger partial charge in [-0.15, -0.1) is 0 Å². The second kappa shape index (κ2) is 5.53. The summed E-state index contributed by atoms with van der Waals surface area (Å²) >= 11 is 0. The van der Waals surface area contributed by atoms with Crippen molar-refractivity contribution in [1.82, 2.24) is 0 Å². The van der Waals surface area contributed by atoms with Gasteiger partial charge in [0, 0.05) is 7.11 Å². The van der Waals surface area contributed by atoms with Gasteiger partial charge < -0.3 is 10.5 Å². The van der Waals surface area contributed by atoms with Crippen LogP contribution in [0.15, 0.2) is 30.3 Å². The molecule has 1 amide bonds. The Morgan fingerprint density at radius 3 is 2.44 bits per heavy atom. The third kappa shape index (κ3) is 2.56. The lowest BCUT2D eigenvalue weighted by atomic mass is 9.69. The molecule has 1 fully saturated rings. The molecule has 0 heterocycles. The molecule has 1 aliphatic rings. The zero-order valence-electron chi connectivity index (χ0n) is 10.9. The second-order valence-corrected chi connectivity index (χ2v) is 5.26. The van der Waals surface area contributed by atoms with Crippen LogP contribution in [0.3, 0.4) is 0 Å². The van der Waals surface area contributed by atoms with E-state index < -0.39 is 5.41 Å². The Morgan fingerprint density at radius 1 is 1.33 bits per heavy atom. The zero-order chi connectivity index (χ0) is 13.0. The maximum Gasteiger partial charge on any atom is 0.225 e. The molecule has 0 aromatic heterocycles. The van der Waals surface area contributed by atoms with Crippen molar-refractivity contribution in [3.8, 4) is 0 Å². The van der Waals surface area contributed by atoms with Gasteiger partial charge in [0.05, 0.1) is 12.0 Å². The molecule has 18 heavy (non-hydrogen) atoms. The molecule has 0 bridgehead atoms. The number of benzene rings is 1. The van der Waals surface area contributed by atoms with Crippen LogP contribution in [0, 0.1) is 5.41 Å². The van der Waals surface area contributed by atoms with Gasteiger partial charge in [0.25, 0.3) is 0 Å². The average molecular weight is 247 g/mol. The number of ether oxygens (including phenoxy) is 1. The third-order valence-electron chi connectivity index (χ3n) is 4.16. The fourth-order valence-corrected chi connectivity index (χ4v) is 2.97. The lowest BCUT2D eigenvalue weighted by Crippen LogP contribution is -2.43. The number of carbonyl (C=O) groups is 1. The van der Waals surface area contributed by atoms with Gasteiger partial charge in [0.15, 0.2) is 0 Å². The summed E-state index contributed by atoms with van der Waals surface area (Å²) in [5.41, 5.74) is 6.48. The summed E-state index contributed by atoms with van der Waals surface area (Å²) in [5.74, 6) is 0.339. The van der Waals surface area contributed by atoms with Crippen molar-refractivity contribution in [3.05, 3.63) is 35.9 Å². The number of rotatable bonds is 4. The summed E-state index contributed by atoms with van der Waals surface area (Å²) in [6, 6.07) is 10.5. The van der Waals surface area contributed by atoms with E-state index in [0.717, 1.165) is 25.7 Å². The van der Waals surface area contributed by atoms with Crippen molar-refractivity contribution in [2.24, 2.45) is 11.1 Å². The van der Waals surface area contributed by atoms with Gasteiger partial charge in [-0.05, 0) is 37.2 Å². The molecule has 3 nitrogen and oxygen atoms in total. The molecule has 1 saturated carbocycles. The summed E-state index contributed by atoms with van der Waals surface area (Å²) in [5, 5.41) is 0. The highest BCUT2D eigenvalue weighted by atomic mass is 16.5. The largest absolute Gasteiger partial charge is 0.384 e. The van der Waals surface area contributed by atoms with Crippen LogP contribution in [0.25, 0.3) is 0 Å². The first-order chi connectivity index (χ1) is 8.68. The molecule has 1 aliphatic carbocycles. The van der Waals surface area contributed by atoms with E-state index >= 15 is 0 Å². The molecule has 98 valence electrons. The molecular weight excluding hydrogens is 226 g/mol. The number of hydrogen-bond acceptors (Lipinski definition) is 2. The molecule has 0 radical (unpaired) electrons. The van der Waals surface area contributed by atoms with Crippen molar-refractivity contribution in [2.45, 2.75) is 31.6 Å². The van der Waals surface area contributed by atoms with E-state index in [1.54, 1.807) is 7.11 Å². The number of methoxy groups -OCH3 is 1. The Hall–Kier alpha value is -1.35. The van der Waals surface area contributed by atoms with Crippen molar-refractivity contribution < 1.29 is 9.53 Å². The normalized spacial score (nSPS) is 27.9. The minimum atomic E-state index is -0.444. The molecule has 2 N–H and O–H groups in total. The van der Waals surface area contributed by atoms with Gasteiger partial charge in [0.2, 0.25) is 5.91 Å². The molecular formula is C15H21NO2. The summed E-state index contributed by atoms with van der Waals surface area (Å²) in [6.45, 7) is 0.448. The molecule has 0 aliphatic heterocycles. The summed E-state index contributed by atoms with van der Waals surface area (Å²) in [4.78, 5) is 11.7. The molecule has 1 aromatic rings. The third-order valence-corrected chi connectivity index (χ3v) is 4.16. The van der Waals surface area contributed by atoms with E-state index in [4.69, 9.17) is 10.5 Å². The Morgan fingerprint density at radius 2 is 1.94 bits per heavy atom. The van der Waals surface area contributed by atoms with Crippen molar-refractivity contribution in [2.75, 3.05) is 13.7 Å². The fourth-order valence-electron chi connectivity index (χ4n) is 2.97. The van der Waals surface area contributed by atoms with Crippen LogP contribution in [0.1, 0.15) is 37.2 Å². The van der Waals surface area contributed by atoms with Crippen LogP contribution in [0.4, 0.5) is 0 Å². The summed E-state index contributed by atoms with van der Waals surface area (Å²) < 4.78 is 5.19. The van der Waals surface area contributed by atoms with Crippen LogP contribution < -0.4 is 5.73 Å². The molecule has 1 aromatic carbocycles. The lowest BCUT2D eigenvalue weighted by molar-refractivity contribution is -0.133. The maximum atomic E-state index is 11.7. The minimum Gasteiger partial charge on any atom is -0.384 e. The van der Waals surface area contributed by atoms with Gasteiger partial charge in [-0.1, -0.05) is 30.3 Å². The topological polar surface area (TPSA) is 52.3 Å². The summed E-state index contributed by atoms with van der Waals surface area (Å²) in [7, 11) is 1.63. The SMILES string of the molecule is COCC1(C(N)=O)CCC(c2ccccc2)CC1. The smallest absolute Gasteiger partial charge is 0.225 e. The Labute approximate surface area is 108 Å². The number of primary amides is 1. The lowest BCUT2D eigenvalue weighted by Gasteiger charge is -2.37. The van der Waals surface area contributed by atoms with Crippen LogP contribution in [0.2, 0.25) is 0 Å². The fraction of sp³-hybridized carbons (Fsp3) is 0.533. The van der Waals surface area contributed by atoms with Crippen LogP contribution in [-0.2, 0) is 9.53 Å². The second-order valence-electron chi connectivity index (χ2n) is 5.26. The standard InChI is InChI=1S/C15H21NO2/c1-18-11-15(14(16)17)9-7-13(8-10-15)12-5-3-2-4-6-12/h2-6,13H,7-11H2,1H3,(H2,16,17). The molecule has 0 atom stereocenters. The predicted molar refractivity (Wildman–Crippen MR) is 71.2 cm³/mol. The van der Waals surface area contributed by atoms with Gasteiger partial charge in [-0.2, -0.15) is 0 Å². The van der Waals surface area contributed by atoms with Gasteiger partial charge in [0.1, 0.15) is 0 Å². The maximum absolute atomic E-state index is 11.7. The first kappa shape index (κ1) is 13.1. The Balaban J connectivity index is 2.05. The van der Waals surface area contributed by atoms with Crippen molar-refractivity contribution >= 4 is 5.91 Å².